The molecule has 1 N–H and O–H groups in total. The second-order valence-electron chi connectivity index (χ2n) is 3.76. The summed E-state index contributed by atoms with van der Waals surface area (Å²) in [5.41, 5.74) is 0. The monoisotopic (exact) mass is 403 g/mol. The van der Waals surface area contributed by atoms with E-state index in [-0.39, 0.29) is 10.6 Å². The lowest BCUT2D eigenvalue weighted by molar-refractivity contribution is 0.207. The zero-order chi connectivity index (χ0) is 14.6. The maximum absolute atomic E-state index is 11.9. The predicted molar refractivity (Wildman–Crippen MR) is 81.9 cm³/mol. The number of hydrogen-bond acceptors (Lipinski definition) is 4. The summed E-state index contributed by atoms with van der Waals surface area (Å²) in [5.74, 6) is 0.270. The standard InChI is InChI=1S/C13H10INO4S/c14-10-6-8-11(9-7-10)19-13(16)15-20(17,18)12-4-2-1-3-5-12/h1-9H,(H,15,16). The molecule has 0 unspecified atom stereocenters. The number of hydrogen-bond donors (Lipinski definition) is 1. The number of nitrogens with one attached hydrogen (secondary N) is 1. The quantitative estimate of drug-likeness (QED) is 0.801. The lowest BCUT2D eigenvalue weighted by atomic mass is 10.3. The molecular weight excluding hydrogens is 393 g/mol. The number of rotatable bonds is 3. The Hall–Kier alpha value is -1.61. The molecule has 2 aromatic carbocycles. The van der Waals surface area contributed by atoms with Crippen LogP contribution in [-0.2, 0) is 10.0 Å². The molecule has 0 aliphatic heterocycles. The largest absolute Gasteiger partial charge is 0.426 e. The maximum Gasteiger partial charge on any atom is 0.426 e. The van der Waals surface area contributed by atoms with Gasteiger partial charge in [-0.2, -0.15) is 0 Å². The summed E-state index contributed by atoms with van der Waals surface area (Å²) >= 11 is 2.11. The number of halogens is 1. The lowest BCUT2D eigenvalue weighted by Crippen LogP contribution is -2.32. The molecule has 1 amide bonds. The molecule has 5 nitrogen and oxygen atoms in total. The molecule has 0 bridgehead atoms. The van der Waals surface area contributed by atoms with Gasteiger partial charge in [-0.3, -0.25) is 0 Å². The second kappa shape index (κ2) is 6.23. The van der Waals surface area contributed by atoms with Crippen molar-refractivity contribution in [2.24, 2.45) is 0 Å². The Morgan fingerprint density at radius 2 is 1.60 bits per heavy atom. The molecule has 2 rings (SSSR count). The smallest absolute Gasteiger partial charge is 0.410 e. The van der Waals surface area contributed by atoms with Gasteiger partial charge in [0.2, 0.25) is 0 Å². The number of benzene rings is 2. The van der Waals surface area contributed by atoms with Gasteiger partial charge >= 0.3 is 6.09 Å². The first-order chi connectivity index (χ1) is 9.47. The zero-order valence-electron chi connectivity index (χ0n) is 10.1. The maximum atomic E-state index is 11.9. The van der Waals surface area contributed by atoms with E-state index in [4.69, 9.17) is 4.74 Å². The van der Waals surface area contributed by atoms with Gasteiger partial charge in [0.15, 0.2) is 0 Å². The van der Waals surface area contributed by atoms with E-state index in [0.29, 0.717) is 0 Å². The number of ether oxygens (including phenoxy) is 1. The third-order valence-corrected chi connectivity index (χ3v) is 4.34. The Morgan fingerprint density at radius 3 is 2.20 bits per heavy atom. The predicted octanol–water partition coefficient (Wildman–Crippen LogP) is 2.77. The summed E-state index contributed by atoms with van der Waals surface area (Å²) in [5, 5.41) is 0. The van der Waals surface area contributed by atoms with Crippen LogP contribution < -0.4 is 9.46 Å². The minimum atomic E-state index is -3.91. The number of carbonyl (C=O) groups is 1. The first-order valence-corrected chi connectivity index (χ1v) is 8.09. The van der Waals surface area contributed by atoms with Gasteiger partial charge in [0.1, 0.15) is 5.75 Å². The van der Waals surface area contributed by atoms with Crippen molar-refractivity contribution in [3.05, 3.63) is 58.2 Å². The van der Waals surface area contributed by atoms with Crippen molar-refractivity contribution < 1.29 is 17.9 Å². The molecule has 20 heavy (non-hydrogen) atoms. The summed E-state index contributed by atoms with van der Waals surface area (Å²) in [6, 6.07) is 14.2. The molecule has 0 spiro atoms. The highest BCUT2D eigenvalue weighted by atomic mass is 127. The Bertz CT molecular complexity index is 699. The highest BCUT2D eigenvalue weighted by molar-refractivity contribution is 14.1. The van der Waals surface area contributed by atoms with Gasteiger partial charge in [-0.25, -0.2) is 17.9 Å². The number of sulfonamides is 1. The van der Waals surface area contributed by atoms with E-state index in [1.807, 2.05) is 4.72 Å². The Kier molecular flexibility index (Phi) is 4.61. The van der Waals surface area contributed by atoms with Gasteiger partial charge in [0.05, 0.1) is 4.90 Å². The molecule has 2 aromatic rings. The molecule has 0 fully saturated rings. The van der Waals surface area contributed by atoms with Crippen LogP contribution in [0, 0.1) is 3.57 Å². The van der Waals surface area contributed by atoms with E-state index in [1.165, 1.54) is 12.1 Å². The Labute approximate surface area is 130 Å². The topological polar surface area (TPSA) is 72.5 Å². The van der Waals surface area contributed by atoms with Gasteiger partial charge in [-0.1, -0.05) is 18.2 Å². The summed E-state index contributed by atoms with van der Waals surface area (Å²) in [7, 11) is -3.91. The van der Waals surface area contributed by atoms with E-state index in [1.54, 1.807) is 42.5 Å². The molecule has 0 aliphatic carbocycles. The first kappa shape index (κ1) is 14.8. The average Bonchev–Trinajstić information content (AvgIpc) is 2.42. The van der Waals surface area contributed by atoms with E-state index in [0.717, 1.165) is 3.57 Å². The molecule has 7 heteroatoms. The third-order valence-electron chi connectivity index (χ3n) is 2.30. The van der Waals surface area contributed by atoms with E-state index in [2.05, 4.69) is 22.6 Å². The van der Waals surface area contributed by atoms with Crippen molar-refractivity contribution in [2.75, 3.05) is 0 Å². The van der Waals surface area contributed by atoms with Crippen molar-refractivity contribution in [3.8, 4) is 5.75 Å². The molecular formula is C13H10INO4S. The Balaban J connectivity index is 2.06. The van der Waals surface area contributed by atoms with Crippen LogP contribution in [0.2, 0.25) is 0 Å². The van der Waals surface area contributed by atoms with Crippen molar-refractivity contribution in [1.82, 2.24) is 4.72 Å². The fraction of sp³-hybridized carbons (Fsp3) is 0. The highest BCUT2D eigenvalue weighted by Gasteiger charge is 2.18. The van der Waals surface area contributed by atoms with Crippen LogP contribution >= 0.6 is 22.6 Å². The highest BCUT2D eigenvalue weighted by Crippen LogP contribution is 2.14. The van der Waals surface area contributed by atoms with Crippen LogP contribution in [0.25, 0.3) is 0 Å². The zero-order valence-corrected chi connectivity index (χ0v) is 13.1. The molecule has 0 aliphatic rings. The minimum absolute atomic E-state index is 0.000407. The van der Waals surface area contributed by atoms with Crippen molar-refractivity contribution >= 4 is 38.7 Å². The molecule has 104 valence electrons. The molecule has 0 saturated carbocycles. The lowest BCUT2D eigenvalue weighted by Gasteiger charge is -2.07. The second-order valence-corrected chi connectivity index (χ2v) is 6.69. The van der Waals surface area contributed by atoms with Crippen molar-refractivity contribution in [3.63, 3.8) is 0 Å². The normalized spacial score (nSPS) is 10.8. The van der Waals surface area contributed by atoms with Crippen LogP contribution in [0.3, 0.4) is 0 Å². The van der Waals surface area contributed by atoms with Gasteiger partial charge in [-0.15, -0.1) is 0 Å². The van der Waals surface area contributed by atoms with Crippen LogP contribution in [0.4, 0.5) is 4.79 Å². The van der Waals surface area contributed by atoms with Crippen molar-refractivity contribution in [2.45, 2.75) is 4.90 Å². The van der Waals surface area contributed by atoms with Gasteiger partial charge in [-0.05, 0) is 59.0 Å². The van der Waals surface area contributed by atoms with Gasteiger partial charge < -0.3 is 4.74 Å². The van der Waals surface area contributed by atoms with Crippen LogP contribution in [0.5, 0.6) is 5.75 Å². The van der Waals surface area contributed by atoms with Crippen LogP contribution in [-0.4, -0.2) is 14.5 Å². The van der Waals surface area contributed by atoms with Gasteiger partial charge in [0.25, 0.3) is 10.0 Å². The van der Waals surface area contributed by atoms with Gasteiger partial charge in [0, 0.05) is 3.57 Å². The summed E-state index contributed by atoms with van der Waals surface area (Å²) < 4.78 is 31.5. The van der Waals surface area contributed by atoms with Crippen LogP contribution in [0.1, 0.15) is 0 Å². The summed E-state index contributed by atoms with van der Waals surface area (Å²) in [6.45, 7) is 0. The fourth-order valence-electron chi connectivity index (χ4n) is 1.40. The minimum Gasteiger partial charge on any atom is -0.410 e. The molecule has 0 heterocycles. The number of amides is 1. The Morgan fingerprint density at radius 1 is 1.00 bits per heavy atom. The average molecular weight is 403 g/mol. The molecule has 0 aromatic heterocycles. The summed E-state index contributed by atoms with van der Waals surface area (Å²) in [6.07, 6.45) is -1.05. The SMILES string of the molecule is O=C(NS(=O)(=O)c1ccccc1)Oc1ccc(I)cc1. The fourth-order valence-corrected chi connectivity index (χ4v) is 2.65. The van der Waals surface area contributed by atoms with E-state index in [9.17, 15) is 13.2 Å². The molecule has 0 atom stereocenters. The summed E-state index contributed by atoms with van der Waals surface area (Å²) in [4.78, 5) is 11.6. The third kappa shape index (κ3) is 3.94. The number of carbonyl (C=O) groups excluding carboxylic acids is 1. The first-order valence-electron chi connectivity index (χ1n) is 5.52. The van der Waals surface area contributed by atoms with E-state index < -0.39 is 16.1 Å². The van der Waals surface area contributed by atoms with Crippen LogP contribution in [0.15, 0.2) is 59.5 Å². The van der Waals surface area contributed by atoms with Crippen molar-refractivity contribution in [1.29, 1.82) is 0 Å². The molecule has 0 radical (unpaired) electrons. The van der Waals surface area contributed by atoms with E-state index >= 15 is 0 Å². The molecule has 0 saturated heterocycles.